The van der Waals surface area contributed by atoms with Gasteiger partial charge in [0, 0.05) is 23.3 Å². The first-order chi connectivity index (χ1) is 9.24. The summed E-state index contributed by atoms with van der Waals surface area (Å²) >= 11 is 5.14. The van der Waals surface area contributed by atoms with Crippen LogP contribution in [0.2, 0.25) is 0 Å². The van der Waals surface area contributed by atoms with Crippen LogP contribution >= 0.6 is 27.3 Å². The van der Waals surface area contributed by atoms with Crippen LogP contribution in [0.4, 0.5) is 0 Å². The normalized spacial score (nSPS) is 21.3. The quantitative estimate of drug-likeness (QED) is 0.875. The molecule has 0 aromatic carbocycles. The van der Waals surface area contributed by atoms with Crippen LogP contribution in [0.15, 0.2) is 22.2 Å². The standard InChI is InChI=1S/C12H13BrN4OS/c13-10-2-1-7(19-10)3-4-14-12(18)9-5-8(9)11-15-6-16-17-11/h1-2,6,8-9H,3-5H2,(H,14,18)(H,15,16,17)/t8-,9+/m1/s1. The van der Waals surface area contributed by atoms with Crippen molar-refractivity contribution in [3.63, 3.8) is 0 Å². The number of amides is 1. The average molecular weight is 341 g/mol. The zero-order valence-electron chi connectivity index (χ0n) is 10.1. The molecule has 2 aromatic heterocycles. The largest absolute Gasteiger partial charge is 0.355 e. The molecule has 2 aromatic rings. The Morgan fingerprint density at radius 2 is 2.47 bits per heavy atom. The minimum absolute atomic E-state index is 0.0584. The molecule has 0 radical (unpaired) electrons. The molecular weight excluding hydrogens is 328 g/mol. The van der Waals surface area contributed by atoms with E-state index in [-0.39, 0.29) is 17.7 Å². The van der Waals surface area contributed by atoms with Gasteiger partial charge in [-0.15, -0.1) is 11.3 Å². The lowest BCUT2D eigenvalue weighted by Crippen LogP contribution is -2.27. The molecule has 1 aliphatic rings. The van der Waals surface area contributed by atoms with Gasteiger partial charge in [0.25, 0.3) is 0 Å². The molecular formula is C12H13BrN4OS. The summed E-state index contributed by atoms with van der Waals surface area (Å²) < 4.78 is 1.13. The van der Waals surface area contributed by atoms with Crippen molar-refractivity contribution < 1.29 is 4.79 Å². The molecule has 1 fully saturated rings. The third kappa shape index (κ3) is 3.03. The van der Waals surface area contributed by atoms with Crippen LogP contribution in [-0.4, -0.2) is 27.6 Å². The van der Waals surface area contributed by atoms with Gasteiger partial charge in [-0.3, -0.25) is 9.89 Å². The number of hydrogen-bond donors (Lipinski definition) is 2. The van der Waals surface area contributed by atoms with Crippen molar-refractivity contribution in [3.05, 3.63) is 32.9 Å². The van der Waals surface area contributed by atoms with Gasteiger partial charge in [-0.05, 0) is 40.9 Å². The molecule has 19 heavy (non-hydrogen) atoms. The number of aromatic nitrogens is 3. The average Bonchev–Trinajstić information content (AvgIpc) is 2.82. The van der Waals surface area contributed by atoms with Crippen LogP contribution in [-0.2, 0) is 11.2 Å². The molecule has 0 aliphatic heterocycles. The number of nitrogens with zero attached hydrogens (tertiary/aromatic N) is 2. The topological polar surface area (TPSA) is 70.7 Å². The number of halogens is 1. The number of aromatic amines is 1. The van der Waals surface area contributed by atoms with Crippen molar-refractivity contribution in [3.8, 4) is 0 Å². The van der Waals surface area contributed by atoms with E-state index in [2.05, 4.69) is 42.5 Å². The van der Waals surface area contributed by atoms with Gasteiger partial charge < -0.3 is 5.32 Å². The monoisotopic (exact) mass is 340 g/mol. The number of nitrogens with one attached hydrogen (secondary N) is 2. The molecule has 2 N–H and O–H groups in total. The van der Waals surface area contributed by atoms with E-state index < -0.39 is 0 Å². The number of H-pyrrole nitrogens is 1. The Bertz CT molecular complexity index is 568. The van der Waals surface area contributed by atoms with Gasteiger partial charge in [0.05, 0.1) is 3.79 Å². The van der Waals surface area contributed by atoms with Crippen molar-refractivity contribution in [2.75, 3.05) is 6.54 Å². The second kappa shape index (κ2) is 5.42. The number of thiophene rings is 1. The number of hydrogen-bond acceptors (Lipinski definition) is 4. The summed E-state index contributed by atoms with van der Waals surface area (Å²) in [6.45, 7) is 0.686. The maximum Gasteiger partial charge on any atom is 0.223 e. The SMILES string of the molecule is O=C(NCCc1ccc(Br)s1)[C@H]1C[C@H]1c1ncn[nH]1. The molecule has 3 rings (SSSR count). The fraction of sp³-hybridized carbons (Fsp3) is 0.417. The third-order valence-electron chi connectivity index (χ3n) is 3.21. The van der Waals surface area contributed by atoms with Crippen molar-refractivity contribution in [2.24, 2.45) is 5.92 Å². The molecule has 1 aliphatic carbocycles. The van der Waals surface area contributed by atoms with Gasteiger partial charge in [-0.1, -0.05) is 0 Å². The highest BCUT2D eigenvalue weighted by molar-refractivity contribution is 9.11. The van der Waals surface area contributed by atoms with Gasteiger partial charge in [0.15, 0.2) is 0 Å². The van der Waals surface area contributed by atoms with Crippen molar-refractivity contribution >= 4 is 33.2 Å². The predicted molar refractivity (Wildman–Crippen MR) is 76.0 cm³/mol. The molecule has 1 saturated carbocycles. The molecule has 5 nitrogen and oxygen atoms in total. The van der Waals surface area contributed by atoms with Gasteiger partial charge in [0.1, 0.15) is 12.2 Å². The minimum Gasteiger partial charge on any atom is -0.355 e. The molecule has 1 amide bonds. The lowest BCUT2D eigenvalue weighted by molar-refractivity contribution is -0.122. The van der Waals surface area contributed by atoms with Crippen LogP contribution in [0.25, 0.3) is 0 Å². The molecule has 0 bridgehead atoms. The second-order valence-electron chi connectivity index (χ2n) is 4.57. The number of carbonyl (C=O) groups is 1. The lowest BCUT2D eigenvalue weighted by atomic mass is 10.2. The predicted octanol–water partition coefficient (Wildman–Crippen LogP) is 2.09. The number of rotatable bonds is 5. The Balaban J connectivity index is 1.43. The Kier molecular flexibility index (Phi) is 3.65. The first-order valence-corrected chi connectivity index (χ1v) is 7.72. The summed E-state index contributed by atoms with van der Waals surface area (Å²) in [5, 5.41) is 9.62. The van der Waals surface area contributed by atoms with Gasteiger partial charge in [0.2, 0.25) is 5.91 Å². The molecule has 0 unspecified atom stereocenters. The zero-order chi connectivity index (χ0) is 13.2. The first kappa shape index (κ1) is 12.8. The van der Waals surface area contributed by atoms with E-state index in [1.807, 2.05) is 6.07 Å². The molecule has 100 valence electrons. The molecule has 0 spiro atoms. The Hall–Kier alpha value is -1.21. The zero-order valence-corrected chi connectivity index (χ0v) is 12.5. The summed E-state index contributed by atoms with van der Waals surface area (Å²) in [5.74, 6) is 1.22. The Morgan fingerprint density at radius 3 is 3.16 bits per heavy atom. The van der Waals surface area contributed by atoms with Crippen LogP contribution in [0.3, 0.4) is 0 Å². The highest BCUT2D eigenvalue weighted by Crippen LogP contribution is 2.45. The molecule has 0 saturated heterocycles. The summed E-state index contributed by atoms with van der Waals surface area (Å²) in [6, 6.07) is 4.11. The van der Waals surface area contributed by atoms with Gasteiger partial charge >= 0.3 is 0 Å². The van der Waals surface area contributed by atoms with E-state index in [0.717, 1.165) is 22.5 Å². The van der Waals surface area contributed by atoms with E-state index in [0.29, 0.717) is 6.54 Å². The van der Waals surface area contributed by atoms with Crippen molar-refractivity contribution in [1.82, 2.24) is 20.5 Å². The van der Waals surface area contributed by atoms with Crippen LogP contribution in [0, 0.1) is 5.92 Å². The fourth-order valence-corrected chi connectivity index (χ4v) is 3.59. The maximum absolute atomic E-state index is 11.9. The Labute approximate surface area is 123 Å². The van der Waals surface area contributed by atoms with E-state index in [1.165, 1.54) is 11.2 Å². The third-order valence-corrected chi connectivity index (χ3v) is 4.89. The van der Waals surface area contributed by atoms with E-state index in [9.17, 15) is 4.79 Å². The van der Waals surface area contributed by atoms with Gasteiger partial charge in [-0.2, -0.15) is 5.10 Å². The smallest absolute Gasteiger partial charge is 0.223 e. The highest BCUT2D eigenvalue weighted by atomic mass is 79.9. The highest BCUT2D eigenvalue weighted by Gasteiger charge is 2.45. The molecule has 7 heteroatoms. The van der Waals surface area contributed by atoms with Gasteiger partial charge in [-0.25, -0.2) is 4.98 Å². The van der Waals surface area contributed by atoms with Crippen molar-refractivity contribution in [1.29, 1.82) is 0 Å². The first-order valence-electron chi connectivity index (χ1n) is 6.11. The van der Waals surface area contributed by atoms with Crippen LogP contribution in [0.5, 0.6) is 0 Å². The summed E-state index contributed by atoms with van der Waals surface area (Å²) in [5.41, 5.74) is 0. The lowest BCUT2D eigenvalue weighted by Gasteiger charge is -2.03. The van der Waals surface area contributed by atoms with E-state index in [4.69, 9.17) is 0 Å². The summed E-state index contributed by atoms with van der Waals surface area (Å²) in [4.78, 5) is 17.3. The molecule has 2 atom stereocenters. The Morgan fingerprint density at radius 1 is 1.58 bits per heavy atom. The number of carbonyl (C=O) groups excluding carboxylic acids is 1. The van der Waals surface area contributed by atoms with Crippen LogP contribution < -0.4 is 5.32 Å². The van der Waals surface area contributed by atoms with Crippen molar-refractivity contribution in [2.45, 2.75) is 18.8 Å². The van der Waals surface area contributed by atoms with E-state index in [1.54, 1.807) is 11.3 Å². The summed E-state index contributed by atoms with van der Waals surface area (Å²) in [6.07, 6.45) is 3.23. The second-order valence-corrected chi connectivity index (χ2v) is 7.11. The minimum atomic E-state index is 0.0584. The molecule has 2 heterocycles. The summed E-state index contributed by atoms with van der Waals surface area (Å²) in [7, 11) is 0. The fourth-order valence-electron chi connectivity index (χ4n) is 2.11. The maximum atomic E-state index is 11.9. The van der Waals surface area contributed by atoms with E-state index >= 15 is 0 Å². The van der Waals surface area contributed by atoms with Crippen LogP contribution in [0.1, 0.15) is 23.0 Å².